The second-order valence-corrected chi connectivity index (χ2v) is 2.35. The monoisotopic (exact) mass is 161 g/mol. The fourth-order valence-corrected chi connectivity index (χ4v) is 0.499. The molecule has 0 aromatic carbocycles. The largest absolute Gasteiger partial charge is 0.463 e. The Kier molecular flexibility index (Phi) is 5.78. The van der Waals surface area contributed by atoms with Crippen molar-refractivity contribution in [3.05, 3.63) is 0 Å². The number of carbonyl (C=O) groups excluding carboxylic acids is 1. The molecule has 11 heavy (non-hydrogen) atoms. The van der Waals surface area contributed by atoms with Gasteiger partial charge in [0, 0.05) is 0 Å². The second-order valence-electron chi connectivity index (χ2n) is 2.35. The lowest BCUT2D eigenvalue weighted by atomic mass is 10.1. The Balaban J connectivity index is 3.36. The average Bonchev–Trinajstić information content (AvgIpc) is 2.03. The van der Waals surface area contributed by atoms with Crippen LogP contribution in [0.25, 0.3) is 0 Å². The van der Waals surface area contributed by atoms with E-state index in [0.717, 1.165) is 6.42 Å². The Labute approximate surface area is 66.6 Å². The van der Waals surface area contributed by atoms with Gasteiger partial charge in [0.15, 0.2) is 0 Å². The molecule has 4 nitrogen and oxygen atoms in total. The highest BCUT2D eigenvalue weighted by Gasteiger charge is 2.10. The summed E-state index contributed by atoms with van der Waals surface area (Å²) in [5.74, 6) is 4.51. The molecule has 0 aromatic heterocycles. The van der Waals surface area contributed by atoms with Gasteiger partial charge in [0.05, 0.1) is 5.92 Å². The van der Waals surface area contributed by atoms with E-state index in [9.17, 15) is 4.79 Å². The molecule has 66 valence electrons. The molecule has 0 rings (SSSR count). The lowest BCUT2D eigenvalue weighted by Crippen LogP contribution is -2.17. The molecule has 4 heteroatoms. The smallest absolute Gasteiger partial charge is 0.308 e. The Morgan fingerprint density at radius 1 is 1.55 bits per heavy atom. The fraction of sp³-hybridized carbons (Fsp3) is 0.857. The van der Waals surface area contributed by atoms with E-state index in [4.69, 9.17) is 10.6 Å². The molecular formula is C7H15NO3. The minimum Gasteiger partial charge on any atom is -0.463 e. The molecule has 0 aliphatic heterocycles. The van der Waals surface area contributed by atoms with E-state index in [1.54, 1.807) is 0 Å². The second kappa shape index (κ2) is 6.12. The van der Waals surface area contributed by atoms with Gasteiger partial charge in [0.2, 0.25) is 0 Å². The van der Waals surface area contributed by atoms with Crippen LogP contribution in [0.3, 0.4) is 0 Å². The van der Waals surface area contributed by atoms with Crippen molar-refractivity contribution in [1.82, 2.24) is 0 Å². The zero-order valence-corrected chi connectivity index (χ0v) is 7.00. The van der Waals surface area contributed by atoms with E-state index in [1.807, 2.05) is 13.8 Å². The van der Waals surface area contributed by atoms with Crippen molar-refractivity contribution in [2.75, 3.05) is 13.2 Å². The molecule has 2 N–H and O–H groups in total. The van der Waals surface area contributed by atoms with Gasteiger partial charge in [-0.1, -0.05) is 13.8 Å². The van der Waals surface area contributed by atoms with E-state index in [-0.39, 0.29) is 25.1 Å². The van der Waals surface area contributed by atoms with Gasteiger partial charge >= 0.3 is 5.97 Å². The van der Waals surface area contributed by atoms with Crippen LogP contribution in [0, 0.1) is 5.92 Å². The standard InChI is InChI=1S/C7H15NO3/c1-3-6(2)7(9)10-4-5-11-8/h6H,3-5,8H2,1-2H3. The van der Waals surface area contributed by atoms with Gasteiger partial charge in [-0.3, -0.25) is 4.79 Å². The predicted octanol–water partition coefficient (Wildman–Crippen LogP) is 0.466. The van der Waals surface area contributed by atoms with Gasteiger partial charge in [-0.25, -0.2) is 5.90 Å². The van der Waals surface area contributed by atoms with Gasteiger partial charge in [-0.2, -0.15) is 0 Å². The Morgan fingerprint density at radius 3 is 2.64 bits per heavy atom. The van der Waals surface area contributed by atoms with Gasteiger partial charge in [0.25, 0.3) is 0 Å². The summed E-state index contributed by atoms with van der Waals surface area (Å²) < 4.78 is 4.79. The van der Waals surface area contributed by atoms with Crippen molar-refractivity contribution >= 4 is 5.97 Å². The summed E-state index contributed by atoms with van der Waals surface area (Å²) in [7, 11) is 0. The molecule has 1 atom stereocenters. The maximum absolute atomic E-state index is 10.9. The summed E-state index contributed by atoms with van der Waals surface area (Å²) >= 11 is 0. The Morgan fingerprint density at radius 2 is 2.18 bits per heavy atom. The van der Waals surface area contributed by atoms with Crippen LogP contribution in [0.1, 0.15) is 20.3 Å². The maximum atomic E-state index is 10.9. The quantitative estimate of drug-likeness (QED) is 0.361. The molecule has 0 spiro atoms. The van der Waals surface area contributed by atoms with Gasteiger partial charge < -0.3 is 9.57 Å². The van der Waals surface area contributed by atoms with Crippen LogP contribution in [0.2, 0.25) is 0 Å². The molecule has 0 amide bonds. The molecule has 0 aliphatic rings. The first kappa shape index (κ1) is 10.4. The highest BCUT2D eigenvalue weighted by Crippen LogP contribution is 2.02. The zero-order valence-electron chi connectivity index (χ0n) is 7.00. The van der Waals surface area contributed by atoms with Crippen LogP contribution in [0.15, 0.2) is 0 Å². The molecule has 0 saturated heterocycles. The molecule has 0 heterocycles. The molecule has 0 aliphatic carbocycles. The molecule has 0 radical (unpaired) electrons. The summed E-state index contributed by atoms with van der Waals surface area (Å²) in [6, 6.07) is 0. The number of nitrogens with two attached hydrogens (primary N) is 1. The molecule has 1 unspecified atom stereocenters. The molecule has 0 saturated carbocycles. The minimum absolute atomic E-state index is 0.0345. The van der Waals surface area contributed by atoms with E-state index in [0.29, 0.717) is 0 Å². The fourth-order valence-electron chi connectivity index (χ4n) is 0.499. The van der Waals surface area contributed by atoms with Crippen molar-refractivity contribution in [1.29, 1.82) is 0 Å². The summed E-state index contributed by atoms with van der Waals surface area (Å²) in [6.45, 7) is 4.25. The van der Waals surface area contributed by atoms with Crippen LogP contribution in [0.4, 0.5) is 0 Å². The topological polar surface area (TPSA) is 61.5 Å². The van der Waals surface area contributed by atoms with Crippen molar-refractivity contribution < 1.29 is 14.4 Å². The minimum atomic E-state index is -0.190. The maximum Gasteiger partial charge on any atom is 0.308 e. The number of carbonyl (C=O) groups is 1. The number of esters is 1. The van der Waals surface area contributed by atoms with E-state index >= 15 is 0 Å². The first-order valence-corrected chi connectivity index (χ1v) is 3.70. The highest BCUT2D eigenvalue weighted by molar-refractivity contribution is 5.71. The Bertz CT molecular complexity index is 116. The van der Waals surface area contributed by atoms with Crippen LogP contribution in [-0.4, -0.2) is 19.2 Å². The number of ether oxygens (including phenoxy) is 1. The number of hydrogen-bond donors (Lipinski definition) is 1. The average molecular weight is 161 g/mol. The summed E-state index contributed by atoms with van der Waals surface area (Å²) in [4.78, 5) is 15.2. The number of hydrogen-bond acceptors (Lipinski definition) is 4. The first-order valence-electron chi connectivity index (χ1n) is 3.70. The third-order valence-corrected chi connectivity index (χ3v) is 1.46. The van der Waals surface area contributed by atoms with Crippen LogP contribution < -0.4 is 5.90 Å². The van der Waals surface area contributed by atoms with Gasteiger partial charge in [-0.05, 0) is 6.42 Å². The van der Waals surface area contributed by atoms with Crippen molar-refractivity contribution in [2.45, 2.75) is 20.3 Å². The molecule has 0 aromatic rings. The lowest BCUT2D eigenvalue weighted by Gasteiger charge is -2.07. The highest BCUT2D eigenvalue weighted by atomic mass is 16.6. The number of rotatable bonds is 5. The third kappa shape index (κ3) is 4.75. The molecule has 0 fully saturated rings. The van der Waals surface area contributed by atoms with Crippen molar-refractivity contribution in [2.24, 2.45) is 11.8 Å². The van der Waals surface area contributed by atoms with E-state index in [1.165, 1.54) is 0 Å². The van der Waals surface area contributed by atoms with Crippen molar-refractivity contribution in [3.63, 3.8) is 0 Å². The van der Waals surface area contributed by atoms with E-state index in [2.05, 4.69) is 4.84 Å². The zero-order chi connectivity index (χ0) is 8.69. The van der Waals surface area contributed by atoms with Crippen molar-refractivity contribution in [3.8, 4) is 0 Å². The third-order valence-electron chi connectivity index (χ3n) is 1.46. The van der Waals surface area contributed by atoms with Crippen LogP contribution in [0.5, 0.6) is 0 Å². The predicted molar refractivity (Wildman–Crippen MR) is 40.6 cm³/mol. The Hall–Kier alpha value is -0.610. The normalized spacial score (nSPS) is 12.6. The summed E-state index contributed by atoms with van der Waals surface area (Å²) in [5, 5.41) is 0. The van der Waals surface area contributed by atoms with Crippen LogP contribution in [-0.2, 0) is 14.4 Å². The first-order chi connectivity index (χ1) is 5.22. The van der Waals surface area contributed by atoms with E-state index < -0.39 is 0 Å². The summed E-state index contributed by atoms with van der Waals surface area (Å²) in [5.41, 5.74) is 0. The molecule has 0 bridgehead atoms. The van der Waals surface area contributed by atoms with Gasteiger partial charge in [-0.15, -0.1) is 0 Å². The molecular weight excluding hydrogens is 146 g/mol. The summed E-state index contributed by atoms with van der Waals surface area (Å²) in [6.07, 6.45) is 0.794. The SMILES string of the molecule is CCC(C)C(=O)OCCON. The van der Waals surface area contributed by atoms with Crippen LogP contribution >= 0.6 is 0 Å². The lowest BCUT2D eigenvalue weighted by molar-refractivity contribution is -0.149. The van der Waals surface area contributed by atoms with Gasteiger partial charge in [0.1, 0.15) is 13.2 Å².